The summed E-state index contributed by atoms with van der Waals surface area (Å²) in [4.78, 5) is 39.7. The Morgan fingerprint density at radius 2 is 1.81 bits per heavy atom. The van der Waals surface area contributed by atoms with E-state index in [0.717, 1.165) is 37.7 Å². The van der Waals surface area contributed by atoms with E-state index in [1.54, 1.807) is 26.0 Å². The summed E-state index contributed by atoms with van der Waals surface area (Å²) in [6.45, 7) is 5.59. The van der Waals surface area contributed by atoms with Crippen molar-refractivity contribution in [3.8, 4) is 0 Å². The first-order valence-corrected chi connectivity index (χ1v) is 11.4. The van der Waals surface area contributed by atoms with E-state index >= 15 is 0 Å². The van der Waals surface area contributed by atoms with Gasteiger partial charge >= 0.3 is 11.9 Å². The Morgan fingerprint density at radius 1 is 1.09 bits per heavy atom. The van der Waals surface area contributed by atoms with Gasteiger partial charge in [0.1, 0.15) is 17.1 Å². The van der Waals surface area contributed by atoms with Gasteiger partial charge < -0.3 is 19.2 Å². The molecule has 1 N–H and O–H groups in total. The van der Waals surface area contributed by atoms with Gasteiger partial charge in [0, 0.05) is 11.7 Å². The van der Waals surface area contributed by atoms with E-state index in [0.29, 0.717) is 16.7 Å². The van der Waals surface area contributed by atoms with Crippen molar-refractivity contribution >= 4 is 34.2 Å². The first-order chi connectivity index (χ1) is 15.5. The van der Waals surface area contributed by atoms with Crippen molar-refractivity contribution in [2.75, 3.05) is 13.2 Å². The normalized spacial score (nSPS) is 18.5. The number of rotatable bonds is 6. The van der Waals surface area contributed by atoms with Crippen LogP contribution in [0.2, 0.25) is 0 Å². The molecule has 1 atom stereocenters. The second-order valence-corrected chi connectivity index (χ2v) is 8.35. The van der Waals surface area contributed by atoms with Crippen LogP contribution in [0, 0.1) is 12.8 Å². The minimum atomic E-state index is -1.08. The quantitative estimate of drug-likeness (QED) is 0.688. The van der Waals surface area contributed by atoms with Gasteiger partial charge in [-0.15, -0.1) is 0 Å². The molecule has 1 aromatic carbocycles. The van der Waals surface area contributed by atoms with E-state index in [1.807, 2.05) is 13.0 Å². The van der Waals surface area contributed by atoms with E-state index in [9.17, 15) is 14.4 Å². The lowest BCUT2D eigenvalue weighted by Gasteiger charge is -2.27. The number of ether oxygens (including phenoxy) is 2. The number of fused-ring (bicyclic) bond motifs is 2. The van der Waals surface area contributed by atoms with Crippen LogP contribution in [0.25, 0.3) is 22.2 Å². The van der Waals surface area contributed by atoms with E-state index in [4.69, 9.17) is 13.9 Å². The molecule has 0 bridgehead atoms. The Labute approximate surface area is 186 Å². The summed E-state index contributed by atoms with van der Waals surface area (Å²) < 4.78 is 16.7. The highest BCUT2D eigenvalue weighted by Gasteiger charge is 2.41. The highest BCUT2D eigenvalue weighted by atomic mass is 16.5. The lowest BCUT2D eigenvalue weighted by atomic mass is 9.93. The highest BCUT2D eigenvalue weighted by molar-refractivity contribution is 6.19. The molecular formula is C25H29NO6. The summed E-state index contributed by atoms with van der Waals surface area (Å²) in [5.41, 5.74) is 1.53. The molecule has 1 unspecified atom stereocenters. The Morgan fingerprint density at radius 3 is 2.50 bits per heavy atom. The third kappa shape index (κ3) is 3.92. The fraction of sp³-hybridized carbons (Fsp3) is 0.480. The number of esters is 2. The lowest BCUT2D eigenvalue weighted by molar-refractivity contribution is -0.146. The number of hydrogen-bond donors (Lipinski definition) is 1. The van der Waals surface area contributed by atoms with Crippen LogP contribution in [-0.2, 0) is 19.1 Å². The van der Waals surface area contributed by atoms with E-state index in [1.165, 1.54) is 0 Å². The van der Waals surface area contributed by atoms with Crippen LogP contribution in [0.15, 0.2) is 27.4 Å². The molecular weight excluding hydrogens is 410 g/mol. The fourth-order valence-corrected chi connectivity index (χ4v) is 4.67. The Kier molecular flexibility index (Phi) is 6.35. The molecule has 2 aromatic rings. The fourth-order valence-electron chi connectivity index (χ4n) is 4.67. The van der Waals surface area contributed by atoms with Crippen molar-refractivity contribution in [3.05, 3.63) is 44.6 Å². The molecule has 0 spiro atoms. The van der Waals surface area contributed by atoms with E-state index < -0.39 is 17.9 Å². The molecule has 0 aliphatic heterocycles. The van der Waals surface area contributed by atoms with Crippen molar-refractivity contribution in [3.63, 3.8) is 0 Å². The maximum absolute atomic E-state index is 13.6. The SMILES string of the molecule is CCOC(=O)C1=c2oc3ccc(C)cc3c(=O)c2=C(NC2CCCCC2)C1C(=O)OCC. The molecule has 7 nitrogen and oxygen atoms in total. The van der Waals surface area contributed by atoms with Gasteiger partial charge in [0.15, 0.2) is 5.42 Å². The molecule has 1 saturated carbocycles. The maximum atomic E-state index is 13.6. The van der Waals surface area contributed by atoms with Gasteiger partial charge in [-0.05, 0) is 45.7 Å². The van der Waals surface area contributed by atoms with Crippen LogP contribution in [-0.4, -0.2) is 31.2 Å². The van der Waals surface area contributed by atoms with Crippen molar-refractivity contribution < 1.29 is 23.5 Å². The Balaban J connectivity index is 2.04. The summed E-state index contributed by atoms with van der Waals surface area (Å²) in [6, 6.07) is 5.42. The van der Waals surface area contributed by atoms with Crippen molar-refractivity contribution in [2.45, 2.75) is 58.9 Å². The zero-order chi connectivity index (χ0) is 22.8. The predicted octanol–water partition coefficient (Wildman–Crippen LogP) is 2.04. The minimum Gasteiger partial charge on any atom is -0.465 e. The monoisotopic (exact) mass is 439 g/mol. The summed E-state index contributed by atoms with van der Waals surface area (Å²) in [5.74, 6) is -2.36. The zero-order valence-electron chi connectivity index (χ0n) is 18.8. The molecule has 0 amide bonds. The van der Waals surface area contributed by atoms with Crippen LogP contribution < -0.4 is 21.4 Å². The number of aryl methyl sites for hydroxylation is 1. The second-order valence-electron chi connectivity index (χ2n) is 8.35. The topological polar surface area (TPSA) is 94.8 Å². The van der Waals surface area contributed by atoms with Crippen LogP contribution in [0.1, 0.15) is 51.5 Å². The number of nitrogens with one attached hydrogen (secondary N) is 1. The van der Waals surface area contributed by atoms with Gasteiger partial charge in [0.2, 0.25) is 5.43 Å². The lowest BCUT2D eigenvalue weighted by Crippen LogP contribution is -2.44. The van der Waals surface area contributed by atoms with Crippen LogP contribution in [0.3, 0.4) is 0 Å². The predicted molar refractivity (Wildman–Crippen MR) is 120 cm³/mol. The average Bonchev–Trinajstić information content (AvgIpc) is 3.09. The summed E-state index contributed by atoms with van der Waals surface area (Å²) in [5, 5.41) is 4.09. The molecule has 0 saturated heterocycles. The summed E-state index contributed by atoms with van der Waals surface area (Å²) >= 11 is 0. The van der Waals surface area contributed by atoms with Crippen molar-refractivity contribution in [2.24, 2.45) is 5.92 Å². The van der Waals surface area contributed by atoms with Crippen molar-refractivity contribution in [1.82, 2.24) is 5.32 Å². The number of benzene rings is 1. The molecule has 170 valence electrons. The zero-order valence-corrected chi connectivity index (χ0v) is 18.8. The molecule has 2 aliphatic carbocycles. The Bertz CT molecular complexity index is 1240. The van der Waals surface area contributed by atoms with E-state index in [-0.39, 0.29) is 40.9 Å². The average molecular weight is 440 g/mol. The van der Waals surface area contributed by atoms with Gasteiger partial charge in [-0.3, -0.25) is 9.59 Å². The standard InChI is InChI=1S/C25H29NO6/c1-4-30-24(28)18-19(25(29)31-5-2)23-20(21(18)26-15-9-7-6-8-10-15)22(27)16-13-14(3)11-12-17(16)32-23/h11-13,15,18,26H,4-10H2,1-3H3. The molecule has 1 aromatic heterocycles. The van der Waals surface area contributed by atoms with Gasteiger partial charge in [-0.2, -0.15) is 0 Å². The smallest absolute Gasteiger partial charge is 0.339 e. The minimum absolute atomic E-state index is 0.0261. The molecule has 0 radical (unpaired) electrons. The van der Waals surface area contributed by atoms with Gasteiger partial charge in [0.25, 0.3) is 0 Å². The molecule has 7 heteroatoms. The number of hydrogen-bond acceptors (Lipinski definition) is 7. The first kappa shape index (κ1) is 22.1. The Hall–Kier alpha value is -3.09. The third-order valence-corrected chi connectivity index (χ3v) is 6.12. The van der Waals surface area contributed by atoms with Crippen LogP contribution in [0.4, 0.5) is 0 Å². The largest absolute Gasteiger partial charge is 0.465 e. The summed E-state index contributed by atoms with van der Waals surface area (Å²) in [7, 11) is 0. The molecule has 4 rings (SSSR count). The summed E-state index contributed by atoms with van der Waals surface area (Å²) in [6.07, 6.45) is 5.17. The van der Waals surface area contributed by atoms with Gasteiger partial charge in [0.05, 0.1) is 23.8 Å². The van der Waals surface area contributed by atoms with Crippen LogP contribution in [0.5, 0.6) is 0 Å². The van der Waals surface area contributed by atoms with E-state index in [2.05, 4.69) is 5.32 Å². The molecule has 1 heterocycles. The third-order valence-electron chi connectivity index (χ3n) is 6.12. The highest BCUT2D eigenvalue weighted by Crippen LogP contribution is 2.28. The molecule has 32 heavy (non-hydrogen) atoms. The van der Waals surface area contributed by atoms with Crippen molar-refractivity contribution in [1.29, 1.82) is 0 Å². The van der Waals surface area contributed by atoms with Crippen LogP contribution >= 0.6 is 0 Å². The van der Waals surface area contributed by atoms with Gasteiger partial charge in [-0.25, -0.2) is 4.79 Å². The second kappa shape index (κ2) is 9.18. The first-order valence-electron chi connectivity index (χ1n) is 11.4. The molecule has 1 fully saturated rings. The number of carbonyl (C=O) groups is 2. The van der Waals surface area contributed by atoms with Gasteiger partial charge in [-0.1, -0.05) is 30.9 Å². The maximum Gasteiger partial charge on any atom is 0.339 e. The number of carbonyl (C=O) groups excluding carboxylic acids is 2. The molecule has 2 aliphatic rings.